The molecule has 0 unspecified atom stereocenters. The summed E-state index contributed by atoms with van der Waals surface area (Å²) >= 11 is 0. The van der Waals surface area contributed by atoms with Gasteiger partial charge >= 0.3 is 0 Å². The van der Waals surface area contributed by atoms with Crippen LogP contribution in [0, 0.1) is 0 Å². The van der Waals surface area contributed by atoms with Crippen LogP contribution < -0.4 is 0 Å². The van der Waals surface area contributed by atoms with Gasteiger partial charge in [-0.3, -0.25) is 15.0 Å². The Bertz CT molecular complexity index is 1430. The van der Waals surface area contributed by atoms with Crippen LogP contribution in [-0.4, -0.2) is 29.9 Å². The first-order valence-electron chi connectivity index (χ1n) is 9.28. The van der Waals surface area contributed by atoms with E-state index in [4.69, 9.17) is 9.97 Å². The highest BCUT2D eigenvalue weighted by Crippen LogP contribution is 2.33. The second-order valence-corrected chi connectivity index (χ2v) is 6.73. The summed E-state index contributed by atoms with van der Waals surface area (Å²) < 4.78 is 0. The Morgan fingerprint density at radius 3 is 2.07 bits per heavy atom. The van der Waals surface area contributed by atoms with Gasteiger partial charge in [-0.15, -0.1) is 0 Å². The van der Waals surface area contributed by atoms with Gasteiger partial charge < -0.3 is 4.98 Å². The van der Waals surface area contributed by atoms with Gasteiger partial charge in [0.1, 0.15) is 11.2 Å². The fraction of sp³-hybridized carbons (Fsp3) is 0. The molecule has 0 aliphatic carbocycles. The van der Waals surface area contributed by atoms with Crippen LogP contribution in [0.5, 0.6) is 0 Å². The van der Waals surface area contributed by atoms with Gasteiger partial charge in [0.15, 0.2) is 5.82 Å². The van der Waals surface area contributed by atoms with Crippen LogP contribution in [0.25, 0.3) is 55.7 Å². The number of benzene rings is 1. The van der Waals surface area contributed by atoms with Gasteiger partial charge in [0, 0.05) is 29.4 Å². The molecule has 136 valence electrons. The molecule has 6 heteroatoms. The molecule has 0 radical (unpaired) electrons. The van der Waals surface area contributed by atoms with Crippen molar-refractivity contribution in [2.24, 2.45) is 0 Å². The van der Waals surface area contributed by atoms with Crippen molar-refractivity contribution in [2.75, 3.05) is 0 Å². The molecule has 0 fully saturated rings. The van der Waals surface area contributed by atoms with Crippen LogP contribution in [0.4, 0.5) is 0 Å². The van der Waals surface area contributed by atoms with E-state index in [1.807, 2.05) is 48.5 Å². The first-order valence-corrected chi connectivity index (χ1v) is 9.28. The fourth-order valence-corrected chi connectivity index (χ4v) is 3.69. The number of imidazole rings is 1. The van der Waals surface area contributed by atoms with E-state index in [9.17, 15) is 0 Å². The molecule has 0 atom stereocenters. The van der Waals surface area contributed by atoms with E-state index in [2.05, 4.69) is 32.1 Å². The van der Waals surface area contributed by atoms with Gasteiger partial charge in [0.2, 0.25) is 0 Å². The van der Waals surface area contributed by atoms with E-state index in [0.717, 1.165) is 49.9 Å². The lowest BCUT2D eigenvalue weighted by Gasteiger charge is -2.03. The Balaban J connectivity index is 1.63. The minimum Gasteiger partial charge on any atom is -0.335 e. The third-order valence-electron chi connectivity index (χ3n) is 4.99. The zero-order valence-electron chi connectivity index (χ0n) is 15.2. The Labute approximate surface area is 165 Å². The molecule has 29 heavy (non-hydrogen) atoms. The largest absolute Gasteiger partial charge is 0.335 e. The third kappa shape index (κ3) is 2.46. The summed E-state index contributed by atoms with van der Waals surface area (Å²) in [6.45, 7) is 0. The van der Waals surface area contributed by atoms with Gasteiger partial charge in [-0.05, 0) is 36.4 Å². The third-order valence-corrected chi connectivity index (χ3v) is 4.99. The number of rotatable bonds is 2. The first kappa shape index (κ1) is 15.8. The van der Waals surface area contributed by atoms with Crippen molar-refractivity contribution < 1.29 is 0 Å². The van der Waals surface area contributed by atoms with Crippen LogP contribution in [0.2, 0.25) is 0 Å². The number of nitrogens with zero attached hydrogens (tertiary/aromatic N) is 5. The van der Waals surface area contributed by atoms with Crippen LogP contribution in [-0.2, 0) is 0 Å². The predicted octanol–water partition coefficient (Wildman–Crippen LogP) is 4.78. The molecule has 1 aromatic carbocycles. The Kier molecular flexibility index (Phi) is 3.37. The Morgan fingerprint density at radius 2 is 1.24 bits per heavy atom. The highest BCUT2D eigenvalue weighted by atomic mass is 15.0. The second-order valence-electron chi connectivity index (χ2n) is 6.73. The SMILES string of the molecule is c1ccc(-c2cccc(-c3nc4c5ncccc5c5cccnc5c4[nH]3)n2)nc1. The highest BCUT2D eigenvalue weighted by molar-refractivity contribution is 6.21. The summed E-state index contributed by atoms with van der Waals surface area (Å²) in [5.74, 6) is 0.683. The van der Waals surface area contributed by atoms with E-state index >= 15 is 0 Å². The number of aromatic amines is 1. The quantitative estimate of drug-likeness (QED) is 0.441. The van der Waals surface area contributed by atoms with Crippen molar-refractivity contribution >= 4 is 32.8 Å². The molecule has 0 saturated carbocycles. The number of nitrogens with one attached hydrogen (secondary N) is 1. The van der Waals surface area contributed by atoms with Crippen molar-refractivity contribution in [3.8, 4) is 22.9 Å². The molecular weight excluding hydrogens is 360 g/mol. The molecule has 6 rings (SSSR count). The number of fused-ring (bicyclic) bond motifs is 6. The van der Waals surface area contributed by atoms with Crippen molar-refractivity contribution in [3.05, 3.63) is 79.3 Å². The summed E-state index contributed by atoms with van der Waals surface area (Å²) in [6.07, 6.45) is 5.35. The monoisotopic (exact) mass is 374 g/mol. The van der Waals surface area contributed by atoms with Crippen molar-refractivity contribution in [3.63, 3.8) is 0 Å². The number of hydrogen-bond donors (Lipinski definition) is 1. The number of aromatic nitrogens is 6. The summed E-state index contributed by atoms with van der Waals surface area (Å²) in [5.41, 5.74) is 5.77. The first-order chi connectivity index (χ1) is 14.4. The van der Waals surface area contributed by atoms with E-state index < -0.39 is 0 Å². The minimum atomic E-state index is 0.683. The molecule has 6 nitrogen and oxygen atoms in total. The lowest BCUT2D eigenvalue weighted by atomic mass is 10.1. The molecule has 0 saturated heterocycles. The second kappa shape index (κ2) is 6.17. The minimum absolute atomic E-state index is 0.683. The maximum absolute atomic E-state index is 4.86. The number of H-pyrrole nitrogens is 1. The molecule has 0 bridgehead atoms. The predicted molar refractivity (Wildman–Crippen MR) is 113 cm³/mol. The van der Waals surface area contributed by atoms with Crippen molar-refractivity contribution in [1.29, 1.82) is 0 Å². The molecular formula is C23H14N6. The van der Waals surface area contributed by atoms with E-state index in [1.54, 1.807) is 18.6 Å². The molecule has 0 amide bonds. The number of pyridine rings is 4. The van der Waals surface area contributed by atoms with Crippen LogP contribution in [0.3, 0.4) is 0 Å². The average molecular weight is 374 g/mol. The average Bonchev–Trinajstić information content (AvgIpc) is 3.26. The lowest BCUT2D eigenvalue weighted by Crippen LogP contribution is -1.90. The van der Waals surface area contributed by atoms with Crippen LogP contribution in [0.15, 0.2) is 79.3 Å². The summed E-state index contributed by atoms with van der Waals surface area (Å²) in [6, 6.07) is 19.6. The zero-order valence-corrected chi connectivity index (χ0v) is 15.2. The zero-order chi connectivity index (χ0) is 19.2. The van der Waals surface area contributed by atoms with Gasteiger partial charge in [0.05, 0.1) is 27.9 Å². The van der Waals surface area contributed by atoms with E-state index in [-0.39, 0.29) is 0 Å². The highest BCUT2D eigenvalue weighted by Gasteiger charge is 2.16. The van der Waals surface area contributed by atoms with Gasteiger partial charge in [0.25, 0.3) is 0 Å². The van der Waals surface area contributed by atoms with Gasteiger partial charge in [-0.25, -0.2) is 9.97 Å². The molecule has 5 aromatic heterocycles. The lowest BCUT2D eigenvalue weighted by molar-refractivity contribution is 1.21. The van der Waals surface area contributed by atoms with Crippen LogP contribution >= 0.6 is 0 Å². The van der Waals surface area contributed by atoms with Gasteiger partial charge in [-0.1, -0.05) is 24.3 Å². The standard InChI is InChI=1S/C23H14N6/c1-2-11-24-16(8-1)17-9-3-10-18(27-17)23-28-21-19-14(6-4-12-25-19)15-7-5-13-26-20(15)22(21)29-23/h1-13H,(H,28,29). The van der Waals surface area contributed by atoms with Crippen LogP contribution in [0.1, 0.15) is 0 Å². The molecule has 6 aromatic rings. The Hall–Kier alpha value is -4.19. The molecule has 5 heterocycles. The maximum atomic E-state index is 4.86. The number of hydrogen-bond acceptors (Lipinski definition) is 5. The summed E-state index contributed by atoms with van der Waals surface area (Å²) in [7, 11) is 0. The molecule has 0 aliphatic heterocycles. The Morgan fingerprint density at radius 1 is 0.517 bits per heavy atom. The fourth-order valence-electron chi connectivity index (χ4n) is 3.69. The topological polar surface area (TPSA) is 80.2 Å². The molecule has 0 aliphatic rings. The normalized spacial score (nSPS) is 11.4. The molecule has 0 spiro atoms. The maximum Gasteiger partial charge on any atom is 0.157 e. The molecule has 1 N–H and O–H groups in total. The van der Waals surface area contributed by atoms with E-state index in [1.165, 1.54) is 0 Å². The summed E-state index contributed by atoms with van der Waals surface area (Å²) in [5, 5.41) is 2.09. The van der Waals surface area contributed by atoms with E-state index in [0.29, 0.717) is 5.82 Å². The smallest absolute Gasteiger partial charge is 0.157 e. The van der Waals surface area contributed by atoms with Gasteiger partial charge in [-0.2, -0.15) is 0 Å². The van der Waals surface area contributed by atoms with Crippen molar-refractivity contribution in [2.45, 2.75) is 0 Å². The van der Waals surface area contributed by atoms with Crippen molar-refractivity contribution in [1.82, 2.24) is 29.9 Å². The summed E-state index contributed by atoms with van der Waals surface area (Å²) in [4.78, 5) is 26.6.